The van der Waals surface area contributed by atoms with E-state index in [2.05, 4.69) is 38.3 Å². The van der Waals surface area contributed by atoms with E-state index >= 15 is 0 Å². The minimum absolute atomic E-state index is 0.303. The summed E-state index contributed by atoms with van der Waals surface area (Å²) >= 11 is 0. The van der Waals surface area contributed by atoms with E-state index in [1.165, 1.54) is 0 Å². The normalized spacial score (nSPS) is 12.6. The first kappa shape index (κ1) is 17.2. The van der Waals surface area contributed by atoms with Crippen molar-refractivity contribution in [1.29, 1.82) is 0 Å². The van der Waals surface area contributed by atoms with Crippen LogP contribution >= 0.6 is 0 Å². The molecule has 0 fully saturated rings. The first-order chi connectivity index (χ1) is 8.13. The average molecular weight is 268 g/mol. The molecule has 0 radical (unpaired) electrons. The quantitative estimate of drug-likeness (QED) is 0.743. The zero-order valence-electron chi connectivity index (χ0n) is 11.4. The van der Waals surface area contributed by atoms with Gasteiger partial charge in [0.15, 0.2) is 0 Å². The first-order valence-electron chi connectivity index (χ1n) is 6.17. The van der Waals surface area contributed by atoms with Gasteiger partial charge in [0.1, 0.15) is 0 Å². The Labute approximate surface area is 107 Å². The minimum Gasteiger partial charge on any atom is -0.355 e. The second-order valence-corrected chi connectivity index (χ2v) is 5.17. The molecule has 0 aromatic carbocycles. The van der Waals surface area contributed by atoms with E-state index in [9.17, 15) is 18.0 Å². The molecule has 0 aliphatic carbocycles. The van der Waals surface area contributed by atoms with Crippen molar-refractivity contribution >= 4 is 5.91 Å². The molecule has 0 aliphatic heterocycles. The fourth-order valence-corrected chi connectivity index (χ4v) is 1.85. The van der Waals surface area contributed by atoms with Gasteiger partial charge < -0.3 is 10.6 Å². The van der Waals surface area contributed by atoms with Gasteiger partial charge in [0, 0.05) is 6.54 Å². The SMILES string of the molecule is CC(C)C(CNC(=O)CNCC(F)(F)F)C(C)C. The van der Waals surface area contributed by atoms with Crippen molar-refractivity contribution in [3.63, 3.8) is 0 Å². The van der Waals surface area contributed by atoms with Crippen molar-refractivity contribution in [2.24, 2.45) is 17.8 Å². The lowest BCUT2D eigenvalue weighted by Gasteiger charge is -2.25. The van der Waals surface area contributed by atoms with Crippen LogP contribution in [0.4, 0.5) is 13.2 Å². The number of alkyl halides is 3. The van der Waals surface area contributed by atoms with Gasteiger partial charge in [0.25, 0.3) is 0 Å². The molecule has 1 amide bonds. The molecule has 18 heavy (non-hydrogen) atoms. The van der Waals surface area contributed by atoms with Gasteiger partial charge in [-0.3, -0.25) is 4.79 Å². The van der Waals surface area contributed by atoms with Crippen LogP contribution in [0, 0.1) is 17.8 Å². The van der Waals surface area contributed by atoms with Crippen LogP contribution < -0.4 is 10.6 Å². The van der Waals surface area contributed by atoms with Gasteiger partial charge >= 0.3 is 6.18 Å². The number of rotatable bonds is 7. The molecule has 3 nitrogen and oxygen atoms in total. The van der Waals surface area contributed by atoms with Crippen molar-refractivity contribution in [3.8, 4) is 0 Å². The third-order valence-corrected chi connectivity index (χ3v) is 2.86. The van der Waals surface area contributed by atoms with Crippen LogP contribution in [-0.4, -0.2) is 31.7 Å². The molecule has 0 aromatic rings. The fraction of sp³-hybridized carbons (Fsp3) is 0.917. The van der Waals surface area contributed by atoms with E-state index in [-0.39, 0.29) is 6.54 Å². The number of carbonyl (C=O) groups is 1. The van der Waals surface area contributed by atoms with E-state index in [1.807, 2.05) is 0 Å². The van der Waals surface area contributed by atoms with Crippen LogP contribution in [0.1, 0.15) is 27.7 Å². The molecule has 0 rings (SSSR count). The molecule has 6 heteroatoms. The predicted octanol–water partition coefficient (Wildman–Crippen LogP) is 2.18. The van der Waals surface area contributed by atoms with Crippen molar-refractivity contribution in [1.82, 2.24) is 10.6 Å². The molecule has 0 heterocycles. The fourth-order valence-electron chi connectivity index (χ4n) is 1.85. The summed E-state index contributed by atoms with van der Waals surface area (Å²) in [7, 11) is 0. The van der Waals surface area contributed by atoms with E-state index in [1.54, 1.807) is 0 Å². The van der Waals surface area contributed by atoms with Crippen molar-refractivity contribution in [2.75, 3.05) is 19.6 Å². The number of nitrogens with one attached hydrogen (secondary N) is 2. The summed E-state index contributed by atoms with van der Waals surface area (Å²) in [6.07, 6.45) is -4.28. The van der Waals surface area contributed by atoms with Gasteiger partial charge in [0.05, 0.1) is 13.1 Å². The molecule has 2 N–H and O–H groups in total. The lowest BCUT2D eigenvalue weighted by atomic mass is 9.85. The average Bonchev–Trinajstić information content (AvgIpc) is 2.14. The first-order valence-corrected chi connectivity index (χ1v) is 6.17. The highest BCUT2D eigenvalue weighted by Gasteiger charge is 2.26. The second kappa shape index (κ2) is 7.61. The highest BCUT2D eigenvalue weighted by atomic mass is 19.4. The van der Waals surface area contributed by atoms with Crippen LogP contribution in [0.3, 0.4) is 0 Å². The highest BCUT2D eigenvalue weighted by Crippen LogP contribution is 2.19. The van der Waals surface area contributed by atoms with Gasteiger partial charge in [-0.05, 0) is 17.8 Å². The summed E-state index contributed by atoms with van der Waals surface area (Å²) < 4.78 is 35.5. The van der Waals surface area contributed by atoms with Crippen molar-refractivity contribution in [2.45, 2.75) is 33.9 Å². The number of hydrogen-bond donors (Lipinski definition) is 2. The van der Waals surface area contributed by atoms with Crippen LogP contribution in [-0.2, 0) is 4.79 Å². The maximum Gasteiger partial charge on any atom is 0.401 e. The molecule has 0 saturated carbocycles. The van der Waals surface area contributed by atoms with Crippen molar-refractivity contribution < 1.29 is 18.0 Å². The lowest BCUT2D eigenvalue weighted by molar-refractivity contribution is -0.128. The van der Waals surface area contributed by atoms with E-state index in [0.717, 1.165) is 0 Å². The van der Waals surface area contributed by atoms with Gasteiger partial charge in [-0.25, -0.2) is 0 Å². The summed E-state index contributed by atoms with van der Waals surface area (Å²) in [5.74, 6) is 0.781. The van der Waals surface area contributed by atoms with Crippen LogP contribution in [0.25, 0.3) is 0 Å². The van der Waals surface area contributed by atoms with E-state index in [0.29, 0.717) is 24.3 Å². The van der Waals surface area contributed by atoms with Crippen molar-refractivity contribution in [3.05, 3.63) is 0 Å². The monoisotopic (exact) mass is 268 g/mol. The second-order valence-electron chi connectivity index (χ2n) is 5.17. The topological polar surface area (TPSA) is 41.1 Å². The zero-order valence-corrected chi connectivity index (χ0v) is 11.4. The summed E-state index contributed by atoms with van der Waals surface area (Å²) in [6.45, 7) is 7.33. The molecule has 0 aliphatic rings. The van der Waals surface area contributed by atoms with Crippen LogP contribution in [0.2, 0.25) is 0 Å². The Morgan fingerprint density at radius 2 is 1.61 bits per heavy atom. The van der Waals surface area contributed by atoms with Crippen LogP contribution in [0.5, 0.6) is 0 Å². The van der Waals surface area contributed by atoms with Gasteiger partial charge in [-0.1, -0.05) is 27.7 Å². The standard InChI is InChI=1S/C12H23F3N2O/c1-8(2)10(9(3)4)5-17-11(18)6-16-7-12(13,14)15/h8-10,16H,5-7H2,1-4H3,(H,17,18). The number of amides is 1. The molecular formula is C12H23F3N2O. The number of hydrogen-bond acceptors (Lipinski definition) is 2. The summed E-state index contributed by atoms with van der Waals surface area (Å²) in [4.78, 5) is 11.3. The van der Waals surface area contributed by atoms with Crippen LogP contribution in [0.15, 0.2) is 0 Å². The lowest BCUT2D eigenvalue weighted by Crippen LogP contribution is -2.41. The maximum absolute atomic E-state index is 11.8. The zero-order chi connectivity index (χ0) is 14.3. The van der Waals surface area contributed by atoms with Gasteiger partial charge in [-0.15, -0.1) is 0 Å². The molecule has 0 unspecified atom stereocenters. The Morgan fingerprint density at radius 1 is 1.11 bits per heavy atom. The number of carbonyl (C=O) groups excluding carboxylic acids is 1. The predicted molar refractivity (Wildman–Crippen MR) is 65.1 cm³/mol. The number of halogens is 3. The molecular weight excluding hydrogens is 245 g/mol. The summed E-state index contributed by atoms with van der Waals surface area (Å²) in [5, 5.41) is 4.73. The summed E-state index contributed by atoms with van der Waals surface area (Å²) in [5.41, 5.74) is 0. The molecule has 0 bridgehead atoms. The molecule has 108 valence electrons. The Balaban J connectivity index is 3.89. The molecule has 0 saturated heterocycles. The Hall–Kier alpha value is -0.780. The van der Waals surface area contributed by atoms with E-state index < -0.39 is 18.6 Å². The summed E-state index contributed by atoms with van der Waals surface area (Å²) in [6, 6.07) is 0. The smallest absolute Gasteiger partial charge is 0.355 e. The maximum atomic E-state index is 11.8. The molecule has 0 spiro atoms. The van der Waals surface area contributed by atoms with Gasteiger partial charge in [0.2, 0.25) is 5.91 Å². The molecule has 0 atom stereocenters. The highest BCUT2D eigenvalue weighted by molar-refractivity contribution is 5.77. The Morgan fingerprint density at radius 3 is 2.00 bits per heavy atom. The minimum atomic E-state index is -4.28. The van der Waals surface area contributed by atoms with Gasteiger partial charge in [-0.2, -0.15) is 13.2 Å². The third-order valence-electron chi connectivity index (χ3n) is 2.86. The largest absolute Gasteiger partial charge is 0.401 e. The third kappa shape index (κ3) is 8.33. The Bertz CT molecular complexity index is 244. The Kier molecular flexibility index (Phi) is 7.28. The van der Waals surface area contributed by atoms with E-state index in [4.69, 9.17) is 0 Å². The molecule has 0 aromatic heterocycles.